The molecule has 0 radical (unpaired) electrons. The summed E-state index contributed by atoms with van der Waals surface area (Å²) in [5.41, 5.74) is 8.00. The van der Waals surface area contributed by atoms with Crippen LogP contribution in [0.1, 0.15) is 15.9 Å². The molecule has 3 N–H and O–H groups in total. The van der Waals surface area contributed by atoms with Crippen molar-refractivity contribution in [2.45, 2.75) is 6.92 Å². The topological polar surface area (TPSA) is 55.1 Å². The van der Waals surface area contributed by atoms with Gasteiger partial charge in [0.15, 0.2) is 0 Å². The van der Waals surface area contributed by atoms with Gasteiger partial charge in [-0.2, -0.15) is 0 Å². The standard InChI is InChI=1S/C14H12Cl2N2O/c1-8-4-2-3-5-12(8)18-14(19)9-6-10(15)13(17)11(16)7-9/h2-7H,17H2,1H3,(H,18,19). The van der Waals surface area contributed by atoms with E-state index < -0.39 is 0 Å². The minimum absolute atomic E-state index is 0.266. The van der Waals surface area contributed by atoms with Gasteiger partial charge in [-0.3, -0.25) is 4.79 Å². The van der Waals surface area contributed by atoms with Crippen molar-refractivity contribution in [1.82, 2.24) is 0 Å². The maximum absolute atomic E-state index is 12.1. The number of para-hydroxylation sites is 1. The molecule has 2 aromatic rings. The molecule has 0 saturated carbocycles. The van der Waals surface area contributed by atoms with Gasteiger partial charge in [0, 0.05) is 11.3 Å². The quantitative estimate of drug-likeness (QED) is 0.818. The van der Waals surface area contributed by atoms with E-state index >= 15 is 0 Å². The molecule has 0 saturated heterocycles. The molecular weight excluding hydrogens is 283 g/mol. The first-order chi connectivity index (χ1) is 8.99. The van der Waals surface area contributed by atoms with Crippen LogP contribution in [0.4, 0.5) is 11.4 Å². The highest BCUT2D eigenvalue weighted by Gasteiger charge is 2.12. The summed E-state index contributed by atoms with van der Waals surface area (Å²) >= 11 is 11.8. The molecule has 2 rings (SSSR count). The van der Waals surface area contributed by atoms with E-state index in [2.05, 4.69) is 5.32 Å². The molecule has 2 aromatic carbocycles. The molecular formula is C14H12Cl2N2O. The largest absolute Gasteiger partial charge is 0.396 e. The van der Waals surface area contributed by atoms with Crippen LogP contribution in [0.25, 0.3) is 0 Å². The van der Waals surface area contributed by atoms with Crippen molar-refractivity contribution in [3.8, 4) is 0 Å². The molecule has 0 aromatic heterocycles. The molecule has 0 aliphatic carbocycles. The second-order valence-corrected chi connectivity index (χ2v) is 4.94. The number of benzene rings is 2. The van der Waals surface area contributed by atoms with Crippen LogP contribution in [0.15, 0.2) is 36.4 Å². The van der Waals surface area contributed by atoms with Gasteiger partial charge in [0.1, 0.15) is 0 Å². The third-order valence-electron chi connectivity index (χ3n) is 2.73. The first-order valence-corrected chi connectivity index (χ1v) is 6.36. The number of amides is 1. The Morgan fingerprint density at radius 1 is 1.16 bits per heavy atom. The van der Waals surface area contributed by atoms with Gasteiger partial charge in [-0.25, -0.2) is 0 Å². The van der Waals surface area contributed by atoms with E-state index in [1.165, 1.54) is 12.1 Å². The lowest BCUT2D eigenvalue weighted by molar-refractivity contribution is 0.102. The molecule has 98 valence electrons. The van der Waals surface area contributed by atoms with E-state index in [9.17, 15) is 4.79 Å². The van der Waals surface area contributed by atoms with Crippen LogP contribution >= 0.6 is 23.2 Å². The van der Waals surface area contributed by atoms with E-state index in [0.29, 0.717) is 5.56 Å². The molecule has 0 unspecified atom stereocenters. The molecule has 0 spiro atoms. The summed E-state index contributed by atoms with van der Waals surface area (Å²) in [7, 11) is 0. The summed E-state index contributed by atoms with van der Waals surface area (Å²) in [4.78, 5) is 12.1. The second kappa shape index (κ2) is 5.51. The second-order valence-electron chi connectivity index (χ2n) is 4.12. The van der Waals surface area contributed by atoms with Crippen molar-refractivity contribution in [2.75, 3.05) is 11.1 Å². The highest BCUT2D eigenvalue weighted by atomic mass is 35.5. The van der Waals surface area contributed by atoms with Crippen LogP contribution in [-0.4, -0.2) is 5.91 Å². The Kier molecular flexibility index (Phi) is 3.98. The van der Waals surface area contributed by atoms with E-state index in [-0.39, 0.29) is 21.6 Å². The maximum atomic E-state index is 12.1. The third-order valence-corrected chi connectivity index (χ3v) is 3.36. The third kappa shape index (κ3) is 3.00. The predicted molar refractivity (Wildman–Crippen MR) is 80.0 cm³/mol. The number of hydrogen-bond acceptors (Lipinski definition) is 2. The first kappa shape index (κ1) is 13.7. The van der Waals surface area contributed by atoms with Gasteiger partial charge in [-0.05, 0) is 30.7 Å². The highest BCUT2D eigenvalue weighted by molar-refractivity contribution is 6.39. The Labute approximate surface area is 121 Å². The smallest absolute Gasteiger partial charge is 0.255 e. The molecule has 0 bridgehead atoms. The zero-order valence-corrected chi connectivity index (χ0v) is 11.7. The Morgan fingerprint density at radius 3 is 2.32 bits per heavy atom. The summed E-state index contributed by atoms with van der Waals surface area (Å²) in [6, 6.07) is 10.5. The lowest BCUT2D eigenvalue weighted by Gasteiger charge is -2.09. The van der Waals surface area contributed by atoms with Crippen LogP contribution in [-0.2, 0) is 0 Å². The minimum Gasteiger partial charge on any atom is -0.396 e. The van der Waals surface area contributed by atoms with Gasteiger partial charge in [-0.1, -0.05) is 41.4 Å². The Balaban J connectivity index is 2.28. The van der Waals surface area contributed by atoms with Gasteiger partial charge < -0.3 is 11.1 Å². The summed E-state index contributed by atoms with van der Waals surface area (Å²) in [6.45, 7) is 1.92. The average molecular weight is 295 g/mol. The fourth-order valence-corrected chi connectivity index (χ4v) is 2.11. The SMILES string of the molecule is Cc1ccccc1NC(=O)c1cc(Cl)c(N)c(Cl)c1. The van der Waals surface area contributed by atoms with Crippen molar-refractivity contribution >= 4 is 40.5 Å². The predicted octanol–water partition coefficient (Wildman–Crippen LogP) is 4.14. The number of carbonyl (C=O) groups excluding carboxylic acids is 1. The zero-order chi connectivity index (χ0) is 14.0. The molecule has 3 nitrogen and oxygen atoms in total. The summed E-state index contributed by atoms with van der Waals surface area (Å²) in [5.74, 6) is -0.280. The van der Waals surface area contributed by atoms with Gasteiger partial charge in [0.2, 0.25) is 0 Å². The lowest BCUT2D eigenvalue weighted by Crippen LogP contribution is -2.13. The molecule has 0 aliphatic rings. The van der Waals surface area contributed by atoms with E-state index in [1.54, 1.807) is 0 Å². The van der Waals surface area contributed by atoms with Gasteiger partial charge in [0.25, 0.3) is 5.91 Å². The fraction of sp³-hybridized carbons (Fsp3) is 0.0714. The van der Waals surface area contributed by atoms with Crippen molar-refractivity contribution in [1.29, 1.82) is 0 Å². The average Bonchev–Trinajstić information content (AvgIpc) is 2.38. The number of aryl methyl sites for hydroxylation is 1. The van der Waals surface area contributed by atoms with Crippen LogP contribution in [0.2, 0.25) is 10.0 Å². The fourth-order valence-electron chi connectivity index (χ4n) is 1.62. The Bertz CT molecular complexity index is 618. The Hall–Kier alpha value is -1.71. The van der Waals surface area contributed by atoms with E-state index in [1.807, 2.05) is 31.2 Å². The van der Waals surface area contributed by atoms with Crippen molar-refractivity contribution < 1.29 is 4.79 Å². The highest BCUT2D eigenvalue weighted by Crippen LogP contribution is 2.29. The van der Waals surface area contributed by atoms with Crippen molar-refractivity contribution in [3.05, 3.63) is 57.6 Å². The minimum atomic E-state index is -0.280. The van der Waals surface area contributed by atoms with Gasteiger partial charge >= 0.3 is 0 Å². The van der Waals surface area contributed by atoms with Crippen LogP contribution in [0.3, 0.4) is 0 Å². The summed E-state index contributed by atoms with van der Waals surface area (Å²) in [6.07, 6.45) is 0. The summed E-state index contributed by atoms with van der Waals surface area (Å²) in [5, 5.41) is 3.34. The molecule has 0 fully saturated rings. The zero-order valence-electron chi connectivity index (χ0n) is 10.2. The van der Waals surface area contributed by atoms with Crippen molar-refractivity contribution in [2.24, 2.45) is 0 Å². The number of carbonyl (C=O) groups is 1. The number of nitrogens with two attached hydrogens (primary N) is 1. The van der Waals surface area contributed by atoms with E-state index in [0.717, 1.165) is 11.3 Å². The number of halogens is 2. The molecule has 0 atom stereocenters. The molecule has 1 amide bonds. The summed E-state index contributed by atoms with van der Waals surface area (Å²) < 4.78 is 0. The normalized spacial score (nSPS) is 10.3. The number of nitrogen functional groups attached to an aromatic ring is 1. The first-order valence-electron chi connectivity index (χ1n) is 5.60. The maximum Gasteiger partial charge on any atom is 0.255 e. The van der Waals surface area contributed by atoms with Crippen LogP contribution < -0.4 is 11.1 Å². The van der Waals surface area contributed by atoms with Gasteiger partial charge in [-0.15, -0.1) is 0 Å². The van der Waals surface area contributed by atoms with Crippen molar-refractivity contribution in [3.63, 3.8) is 0 Å². The van der Waals surface area contributed by atoms with Crippen LogP contribution in [0, 0.1) is 6.92 Å². The number of rotatable bonds is 2. The lowest BCUT2D eigenvalue weighted by atomic mass is 10.1. The van der Waals surface area contributed by atoms with E-state index in [4.69, 9.17) is 28.9 Å². The molecule has 19 heavy (non-hydrogen) atoms. The molecule has 0 aliphatic heterocycles. The monoisotopic (exact) mass is 294 g/mol. The molecule has 0 heterocycles. The van der Waals surface area contributed by atoms with Crippen LogP contribution in [0.5, 0.6) is 0 Å². The Morgan fingerprint density at radius 2 is 1.74 bits per heavy atom. The van der Waals surface area contributed by atoms with Gasteiger partial charge in [0.05, 0.1) is 15.7 Å². The number of nitrogens with one attached hydrogen (secondary N) is 1. The number of anilines is 2. The molecule has 5 heteroatoms. The number of hydrogen-bond donors (Lipinski definition) is 2.